The third kappa shape index (κ3) is 2.21. The monoisotopic (exact) mass is 218 g/mol. The lowest BCUT2D eigenvalue weighted by Crippen LogP contribution is -2.08. The van der Waals surface area contributed by atoms with Crippen molar-refractivity contribution in [3.05, 3.63) is 46.8 Å². The molecule has 1 aromatic rings. The molecule has 0 heterocycles. The maximum absolute atomic E-state index is 13.5. The SMILES string of the molecule is Cc1ccc(F)c(C(=O)C2=CCCCC2)c1. The minimum absolute atomic E-state index is 0.138. The fourth-order valence-corrected chi connectivity index (χ4v) is 2.03. The molecule has 1 aliphatic carbocycles. The fraction of sp³-hybridized carbons (Fsp3) is 0.357. The highest BCUT2D eigenvalue weighted by atomic mass is 19.1. The molecule has 2 rings (SSSR count). The van der Waals surface area contributed by atoms with Crippen molar-refractivity contribution in [1.29, 1.82) is 0 Å². The molecule has 1 nitrogen and oxygen atoms in total. The molecule has 0 saturated heterocycles. The van der Waals surface area contributed by atoms with Crippen LogP contribution in [0.5, 0.6) is 0 Å². The van der Waals surface area contributed by atoms with Gasteiger partial charge in [0.05, 0.1) is 5.56 Å². The first kappa shape index (κ1) is 11.1. The summed E-state index contributed by atoms with van der Waals surface area (Å²) < 4.78 is 13.5. The van der Waals surface area contributed by atoms with E-state index in [2.05, 4.69) is 0 Å². The van der Waals surface area contributed by atoms with Gasteiger partial charge in [0.1, 0.15) is 5.82 Å². The molecule has 0 saturated carbocycles. The molecular formula is C14H15FO. The maximum Gasteiger partial charge on any atom is 0.191 e. The molecule has 0 aliphatic heterocycles. The number of ketones is 1. The summed E-state index contributed by atoms with van der Waals surface area (Å²) in [7, 11) is 0. The maximum atomic E-state index is 13.5. The molecule has 1 aromatic carbocycles. The van der Waals surface area contributed by atoms with Gasteiger partial charge in [-0.1, -0.05) is 17.7 Å². The van der Waals surface area contributed by atoms with E-state index >= 15 is 0 Å². The van der Waals surface area contributed by atoms with Gasteiger partial charge >= 0.3 is 0 Å². The quantitative estimate of drug-likeness (QED) is 0.690. The number of hydrogen-bond donors (Lipinski definition) is 0. The van der Waals surface area contributed by atoms with E-state index in [1.54, 1.807) is 12.1 Å². The second-order valence-electron chi connectivity index (χ2n) is 4.29. The predicted molar refractivity (Wildman–Crippen MR) is 62.0 cm³/mol. The minimum atomic E-state index is -0.415. The second kappa shape index (κ2) is 4.60. The lowest BCUT2D eigenvalue weighted by Gasteiger charge is -2.12. The molecule has 84 valence electrons. The Morgan fingerprint density at radius 3 is 2.81 bits per heavy atom. The van der Waals surface area contributed by atoms with Gasteiger partial charge in [-0.25, -0.2) is 4.39 Å². The highest BCUT2D eigenvalue weighted by Gasteiger charge is 2.17. The molecule has 0 unspecified atom stereocenters. The molecule has 0 spiro atoms. The summed E-state index contributed by atoms with van der Waals surface area (Å²) in [6.45, 7) is 1.87. The number of allylic oxidation sites excluding steroid dienone is 2. The zero-order valence-electron chi connectivity index (χ0n) is 9.42. The Hall–Kier alpha value is -1.44. The van der Waals surface area contributed by atoms with Crippen LogP contribution in [-0.2, 0) is 0 Å². The molecule has 16 heavy (non-hydrogen) atoms. The number of halogens is 1. The summed E-state index contributed by atoms with van der Waals surface area (Å²) in [4.78, 5) is 12.1. The predicted octanol–water partition coefficient (Wildman–Crippen LogP) is 3.82. The van der Waals surface area contributed by atoms with E-state index in [1.807, 2.05) is 13.0 Å². The molecule has 0 bridgehead atoms. The van der Waals surface area contributed by atoms with Gasteiger partial charge in [0, 0.05) is 0 Å². The van der Waals surface area contributed by atoms with Crippen molar-refractivity contribution in [2.75, 3.05) is 0 Å². The van der Waals surface area contributed by atoms with Crippen LogP contribution in [0.3, 0.4) is 0 Å². The summed E-state index contributed by atoms with van der Waals surface area (Å²) in [5.41, 5.74) is 1.91. The molecule has 0 amide bonds. The van der Waals surface area contributed by atoms with Crippen LogP contribution in [0.2, 0.25) is 0 Å². The van der Waals surface area contributed by atoms with Crippen LogP contribution < -0.4 is 0 Å². The molecule has 2 heteroatoms. The number of Topliss-reactive ketones (excluding diaryl/α,β-unsaturated/α-hetero) is 1. The third-order valence-electron chi connectivity index (χ3n) is 2.95. The normalized spacial score (nSPS) is 15.8. The molecule has 0 atom stereocenters. The van der Waals surface area contributed by atoms with Crippen LogP contribution in [0.25, 0.3) is 0 Å². The Balaban J connectivity index is 2.33. The van der Waals surface area contributed by atoms with Crippen LogP contribution >= 0.6 is 0 Å². The molecule has 0 fully saturated rings. The van der Waals surface area contributed by atoms with E-state index in [0.29, 0.717) is 0 Å². The van der Waals surface area contributed by atoms with E-state index in [0.717, 1.165) is 36.8 Å². The van der Waals surface area contributed by atoms with Crippen molar-refractivity contribution in [3.63, 3.8) is 0 Å². The van der Waals surface area contributed by atoms with E-state index in [9.17, 15) is 9.18 Å². The van der Waals surface area contributed by atoms with Crippen molar-refractivity contribution in [1.82, 2.24) is 0 Å². The van der Waals surface area contributed by atoms with Gasteiger partial charge in [0.15, 0.2) is 5.78 Å². The number of carbonyl (C=O) groups is 1. The summed E-state index contributed by atoms with van der Waals surface area (Å²) in [6.07, 6.45) is 5.84. The largest absolute Gasteiger partial charge is 0.289 e. The number of benzene rings is 1. The average molecular weight is 218 g/mol. The number of hydrogen-bond acceptors (Lipinski definition) is 1. The van der Waals surface area contributed by atoms with E-state index in [-0.39, 0.29) is 11.3 Å². The Kier molecular flexibility index (Phi) is 3.18. The smallest absolute Gasteiger partial charge is 0.191 e. The molecule has 1 aliphatic rings. The summed E-state index contributed by atoms with van der Waals surface area (Å²) in [5, 5.41) is 0. The number of rotatable bonds is 2. The van der Waals surface area contributed by atoms with Gasteiger partial charge in [0.25, 0.3) is 0 Å². The van der Waals surface area contributed by atoms with Crippen LogP contribution in [0.15, 0.2) is 29.8 Å². The minimum Gasteiger partial charge on any atom is -0.289 e. The highest BCUT2D eigenvalue weighted by molar-refractivity contribution is 6.09. The van der Waals surface area contributed by atoms with Gasteiger partial charge in [0.2, 0.25) is 0 Å². The van der Waals surface area contributed by atoms with Gasteiger partial charge in [-0.2, -0.15) is 0 Å². The number of carbonyl (C=O) groups excluding carboxylic acids is 1. The van der Waals surface area contributed by atoms with Crippen molar-refractivity contribution >= 4 is 5.78 Å². The van der Waals surface area contributed by atoms with Crippen molar-refractivity contribution in [3.8, 4) is 0 Å². The first-order valence-electron chi connectivity index (χ1n) is 5.68. The Labute approximate surface area is 95.0 Å². The van der Waals surface area contributed by atoms with Crippen LogP contribution in [0, 0.1) is 12.7 Å². The van der Waals surface area contributed by atoms with Gasteiger partial charge < -0.3 is 0 Å². The lowest BCUT2D eigenvalue weighted by molar-refractivity contribution is 0.102. The summed E-state index contributed by atoms with van der Waals surface area (Å²) in [6, 6.07) is 4.68. The zero-order chi connectivity index (χ0) is 11.5. The van der Waals surface area contributed by atoms with Crippen LogP contribution in [0.1, 0.15) is 41.6 Å². The van der Waals surface area contributed by atoms with Crippen molar-refractivity contribution < 1.29 is 9.18 Å². The summed E-state index contributed by atoms with van der Waals surface area (Å²) in [5.74, 6) is -0.553. The van der Waals surface area contributed by atoms with Crippen molar-refractivity contribution in [2.24, 2.45) is 0 Å². The van der Waals surface area contributed by atoms with E-state index in [4.69, 9.17) is 0 Å². The zero-order valence-corrected chi connectivity index (χ0v) is 9.42. The Morgan fingerprint density at radius 2 is 2.12 bits per heavy atom. The van der Waals surface area contributed by atoms with Crippen LogP contribution in [-0.4, -0.2) is 5.78 Å². The van der Waals surface area contributed by atoms with Crippen molar-refractivity contribution in [2.45, 2.75) is 32.6 Å². The van der Waals surface area contributed by atoms with E-state index in [1.165, 1.54) is 6.07 Å². The van der Waals surface area contributed by atoms with Gasteiger partial charge in [-0.15, -0.1) is 0 Å². The van der Waals surface area contributed by atoms with Gasteiger partial charge in [-0.3, -0.25) is 4.79 Å². The first-order chi connectivity index (χ1) is 7.68. The molecule has 0 aromatic heterocycles. The van der Waals surface area contributed by atoms with Crippen LogP contribution in [0.4, 0.5) is 4.39 Å². The summed E-state index contributed by atoms with van der Waals surface area (Å²) >= 11 is 0. The topological polar surface area (TPSA) is 17.1 Å². The first-order valence-corrected chi connectivity index (χ1v) is 5.68. The van der Waals surface area contributed by atoms with E-state index < -0.39 is 5.82 Å². The second-order valence-corrected chi connectivity index (χ2v) is 4.29. The lowest BCUT2D eigenvalue weighted by atomic mass is 9.92. The highest BCUT2D eigenvalue weighted by Crippen LogP contribution is 2.23. The Bertz CT molecular complexity index is 446. The molecule has 0 radical (unpaired) electrons. The average Bonchev–Trinajstić information content (AvgIpc) is 2.32. The third-order valence-corrected chi connectivity index (χ3v) is 2.95. The Morgan fingerprint density at radius 1 is 1.31 bits per heavy atom. The molecular weight excluding hydrogens is 203 g/mol. The number of aryl methyl sites for hydroxylation is 1. The fourth-order valence-electron chi connectivity index (χ4n) is 2.03. The standard InChI is InChI=1S/C14H15FO/c1-10-7-8-13(15)12(9-10)14(16)11-5-3-2-4-6-11/h5,7-9H,2-4,6H2,1H3. The van der Waals surface area contributed by atoms with Gasteiger partial charge in [-0.05, 0) is 50.3 Å². The molecule has 0 N–H and O–H groups in total.